The molecule has 0 radical (unpaired) electrons. The number of esters is 1. The molecule has 0 bridgehead atoms. The van der Waals surface area contributed by atoms with Gasteiger partial charge in [-0.05, 0) is 68.0 Å². The van der Waals surface area contributed by atoms with Crippen LogP contribution in [-0.4, -0.2) is 11.0 Å². The summed E-state index contributed by atoms with van der Waals surface area (Å²) in [5, 5.41) is 9.47. The van der Waals surface area contributed by atoms with E-state index >= 15 is 0 Å². The van der Waals surface area contributed by atoms with E-state index in [9.17, 15) is 10.1 Å². The van der Waals surface area contributed by atoms with Crippen LogP contribution in [0.4, 0.5) is 0 Å². The van der Waals surface area contributed by atoms with E-state index in [-0.39, 0.29) is 5.92 Å². The summed E-state index contributed by atoms with van der Waals surface area (Å²) in [6.45, 7) is 7.89. The van der Waals surface area contributed by atoms with Gasteiger partial charge in [0, 0.05) is 11.8 Å². The van der Waals surface area contributed by atoms with Crippen LogP contribution in [0.5, 0.6) is 5.75 Å². The summed E-state index contributed by atoms with van der Waals surface area (Å²) < 4.78 is 5.50. The van der Waals surface area contributed by atoms with Crippen LogP contribution in [0.3, 0.4) is 0 Å². The van der Waals surface area contributed by atoms with Crippen molar-refractivity contribution in [2.24, 2.45) is 11.3 Å². The number of carbonyl (C=O) groups excluding carboxylic acids is 1. The number of benzene rings is 1. The molecule has 4 heteroatoms. The molecule has 0 fully saturated rings. The lowest BCUT2D eigenvalue weighted by Gasteiger charge is -2.21. The number of rotatable bonds is 15. The topological polar surface area (TPSA) is 63.0 Å². The Hall–Kier alpha value is -2.67. The monoisotopic (exact) mass is 462 g/mol. The van der Waals surface area contributed by atoms with E-state index in [1.165, 1.54) is 63.4 Å². The Morgan fingerprint density at radius 2 is 1.59 bits per heavy atom. The summed E-state index contributed by atoms with van der Waals surface area (Å²) >= 11 is 0. The molecular weight excluding hydrogens is 420 g/mol. The van der Waals surface area contributed by atoms with Crippen molar-refractivity contribution in [2.45, 2.75) is 98.3 Å². The highest BCUT2D eigenvalue weighted by molar-refractivity contribution is 5.81. The quantitative estimate of drug-likeness (QED) is 0.152. The van der Waals surface area contributed by atoms with Gasteiger partial charge in [-0.25, -0.2) is 4.79 Å². The summed E-state index contributed by atoms with van der Waals surface area (Å²) in [6.07, 6.45) is 15.6. The number of nitrogens with zero attached hydrogens (tertiary/aromatic N) is 2. The molecule has 1 aromatic heterocycles. The average Bonchev–Trinajstić information content (AvgIpc) is 2.83. The van der Waals surface area contributed by atoms with Crippen molar-refractivity contribution in [1.29, 1.82) is 5.26 Å². The van der Waals surface area contributed by atoms with E-state index in [4.69, 9.17) is 4.74 Å². The van der Waals surface area contributed by atoms with Crippen molar-refractivity contribution in [3.63, 3.8) is 0 Å². The second-order valence-corrected chi connectivity index (χ2v) is 10.1. The molecule has 184 valence electrons. The van der Waals surface area contributed by atoms with E-state index in [0.29, 0.717) is 12.2 Å². The number of carbonyl (C=O) groups is 1. The number of hydrogen-bond donors (Lipinski definition) is 0. The summed E-state index contributed by atoms with van der Waals surface area (Å²) in [5.41, 5.74) is 2.01. The zero-order chi connectivity index (χ0) is 24.8. The van der Waals surface area contributed by atoms with Crippen LogP contribution in [0, 0.1) is 22.7 Å². The predicted molar refractivity (Wildman–Crippen MR) is 139 cm³/mol. The average molecular weight is 463 g/mol. The lowest BCUT2D eigenvalue weighted by Crippen LogP contribution is -2.32. The van der Waals surface area contributed by atoms with Crippen LogP contribution >= 0.6 is 0 Å². The standard InChI is InChI=1S/C30H42N2O2/c1-5-6-7-8-9-10-11-12-13-14-25-15-20-28(32-22-25)26-16-18-27(19-17-26)34-29(33)30(4,23-31)21-24(2)3/h15-20,22,24H,5-14,21H2,1-4H3. The van der Waals surface area contributed by atoms with Crippen LogP contribution in [0.25, 0.3) is 11.3 Å². The number of pyridine rings is 1. The van der Waals surface area contributed by atoms with Crippen molar-refractivity contribution < 1.29 is 9.53 Å². The summed E-state index contributed by atoms with van der Waals surface area (Å²) in [7, 11) is 0. The Balaban J connectivity index is 1.79. The van der Waals surface area contributed by atoms with Gasteiger partial charge in [-0.3, -0.25) is 4.98 Å². The largest absolute Gasteiger partial charge is 0.425 e. The van der Waals surface area contributed by atoms with Crippen LogP contribution in [0.2, 0.25) is 0 Å². The number of aromatic nitrogens is 1. The molecule has 0 amide bonds. The fourth-order valence-electron chi connectivity index (χ4n) is 4.29. The van der Waals surface area contributed by atoms with Crippen LogP contribution in [0.1, 0.15) is 97.5 Å². The number of aryl methyl sites for hydroxylation is 1. The third-order valence-corrected chi connectivity index (χ3v) is 6.27. The highest BCUT2D eigenvalue weighted by Crippen LogP contribution is 2.29. The summed E-state index contributed by atoms with van der Waals surface area (Å²) in [4.78, 5) is 17.2. The normalized spacial score (nSPS) is 12.8. The highest BCUT2D eigenvalue weighted by Gasteiger charge is 2.36. The van der Waals surface area contributed by atoms with Gasteiger partial charge in [0.1, 0.15) is 5.75 Å². The first-order chi connectivity index (χ1) is 16.4. The zero-order valence-corrected chi connectivity index (χ0v) is 21.6. The van der Waals surface area contributed by atoms with E-state index in [1.807, 2.05) is 32.2 Å². The summed E-state index contributed by atoms with van der Waals surface area (Å²) in [6, 6.07) is 13.7. The molecule has 34 heavy (non-hydrogen) atoms. The molecule has 0 aliphatic rings. The first-order valence-electron chi connectivity index (χ1n) is 13.1. The molecule has 0 aliphatic carbocycles. The van der Waals surface area contributed by atoms with Crippen molar-refractivity contribution in [3.8, 4) is 23.1 Å². The Labute approximate surface area is 206 Å². The van der Waals surface area contributed by atoms with Gasteiger partial charge in [0.25, 0.3) is 0 Å². The van der Waals surface area contributed by atoms with Crippen LogP contribution in [0.15, 0.2) is 42.6 Å². The lowest BCUT2D eigenvalue weighted by atomic mass is 9.83. The second-order valence-electron chi connectivity index (χ2n) is 10.1. The first kappa shape index (κ1) is 27.6. The fraction of sp³-hybridized carbons (Fsp3) is 0.567. The van der Waals surface area contributed by atoms with Crippen molar-refractivity contribution in [1.82, 2.24) is 4.98 Å². The maximum Gasteiger partial charge on any atom is 0.331 e. The number of ether oxygens (including phenoxy) is 1. The molecule has 1 unspecified atom stereocenters. The number of hydrogen-bond acceptors (Lipinski definition) is 4. The van der Waals surface area contributed by atoms with Crippen LogP contribution in [-0.2, 0) is 11.2 Å². The van der Waals surface area contributed by atoms with Crippen LogP contribution < -0.4 is 4.74 Å². The lowest BCUT2D eigenvalue weighted by molar-refractivity contribution is -0.142. The molecule has 2 aromatic rings. The Bertz CT molecular complexity index is 897. The van der Waals surface area contributed by atoms with E-state index in [2.05, 4.69) is 30.1 Å². The van der Waals surface area contributed by atoms with Gasteiger partial charge in [0.05, 0.1) is 11.8 Å². The first-order valence-corrected chi connectivity index (χ1v) is 13.1. The molecule has 0 N–H and O–H groups in total. The molecule has 1 atom stereocenters. The minimum atomic E-state index is -1.14. The van der Waals surface area contributed by atoms with Gasteiger partial charge >= 0.3 is 5.97 Å². The van der Waals surface area contributed by atoms with Crippen molar-refractivity contribution in [3.05, 3.63) is 48.2 Å². The molecule has 0 saturated heterocycles. The predicted octanol–water partition coefficient (Wildman–Crippen LogP) is 8.30. The molecule has 4 nitrogen and oxygen atoms in total. The third kappa shape index (κ3) is 9.29. The Morgan fingerprint density at radius 1 is 0.971 bits per heavy atom. The maximum absolute atomic E-state index is 12.5. The molecule has 0 saturated carbocycles. The van der Waals surface area contributed by atoms with Crippen molar-refractivity contribution >= 4 is 5.97 Å². The second kappa shape index (κ2) is 14.6. The Kier molecular flexibility index (Phi) is 11.8. The van der Waals surface area contributed by atoms with Gasteiger partial charge in [0.15, 0.2) is 5.41 Å². The number of unbranched alkanes of at least 4 members (excludes halogenated alkanes) is 8. The Morgan fingerprint density at radius 3 is 2.12 bits per heavy atom. The minimum absolute atomic E-state index is 0.231. The van der Waals surface area contributed by atoms with E-state index < -0.39 is 11.4 Å². The highest BCUT2D eigenvalue weighted by atomic mass is 16.5. The van der Waals surface area contributed by atoms with Crippen molar-refractivity contribution in [2.75, 3.05) is 0 Å². The minimum Gasteiger partial charge on any atom is -0.425 e. The molecular formula is C30H42N2O2. The van der Waals surface area contributed by atoms with E-state index in [0.717, 1.165) is 17.7 Å². The van der Waals surface area contributed by atoms with Gasteiger partial charge in [-0.15, -0.1) is 0 Å². The zero-order valence-electron chi connectivity index (χ0n) is 21.6. The van der Waals surface area contributed by atoms with E-state index in [1.54, 1.807) is 19.1 Å². The smallest absolute Gasteiger partial charge is 0.331 e. The molecule has 1 aromatic carbocycles. The van der Waals surface area contributed by atoms with Gasteiger partial charge in [-0.1, -0.05) is 78.2 Å². The summed E-state index contributed by atoms with van der Waals surface area (Å²) in [5.74, 6) is 0.172. The third-order valence-electron chi connectivity index (χ3n) is 6.27. The SMILES string of the molecule is CCCCCCCCCCCc1ccc(-c2ccc(OC(=O)C(C)(C#N)CC(C)C)cc2)nc1. The maximum atomic E-state index is 12.5. The van der Waals surface area contributed by atoms with Gasteiger partial charge in [-0.2, -0.15) is 5.26 Å². The van der Waals surface area contributed by atoms with Gasteiger partial charge in [0.2, 0.25) is 0 Å². The molecule has 0 spiro atoms. The molecule has 0 aliphatic heterocycles. The molecule has 1 heterocycles. The fourth-order valence-corrected chi connectivity index (χ4v) is 4.29. The molecule has 2 rings (SSSR count). The number of nitriles is 1. The van der Waals surface area contributed by atoms with Gasteiger partial charge < -0.3 is 4.74 Å².